The van der Waals surface area contributed by atoms with Crippen LogP contribution in [0.25, 0.3) is 0 Å². The molecule has 2 unspecified atom stereocenters. The minimum absolute atomic E-state index is 0.0441. The molecule has 194 valence electrons. The summed E-state index contributed by atoms with van der Waals surface area (Å²) in [5.41, 5.74) is 2.97. The number of rotatable bonds is 7. The number of hydrogen-bond acceptors (Lipinski definition) is 7. The van der Waals surface area contributed by atoms with E-state index in [1.54, 1.807) is 6.92 Å². The summed E-state index contributed by atoms with van der Waals surface area (Å²) < 4.78 is 5.40. The number of nitriles is 1. The van der Waals surface area contributed by atoms with E-state index in [-0.39, 0.29) is 12.1 Å². The van der Waals surface area contributed by atoms with Gasteiger partial charge in [0.2, 0.25) is 11.7 Å². The number of hydrogen-bond donors (Lipinski definition) is 3. The maximum atomic E-state index is 12.9. The zero-order valence-electron chi connectivity index (χ0n) is 21.1. The molecule has 38 heavy (non-hydrogen) atoms. The van der Waals surface area contributed by atoms with Crippen LogP contribution >= 0.6 is 0 Å². The van der Waals surface area contributed by atoms with E-state index < -0.39 is 29.2 Å². The molecule has 4 rings (SSSR count). The van der Waals surface area contributed by atoms with Gasteiger partial charge >= 0.3 is 0 Å². The Balaban J connectivity index is 1.44. The van der Waals surface area contributed by atoms with Crippen molar-refractivity contribution in [3.05, 3.63) is 93.2 Å². The quantitative estimate of drug-likeness (QED) is 0.414. The van der Waals surface area contributed by atoms with Gasteiger partial charge in [-0.2, -0.15) is 5.26 Å². The van der Waals surface area contributed by atoms with Crippen molar-refractivity contribution in [1.82, 2.24) is 20.2 Å². The molecule has 0 aliphatic carbocycles. The number of aromatic hydroxyl groups is 1. The fourth-order valence-corrected chi connectivity index (χ4v) is 4.14. The second-order valence-electron chi connectivity index (χ2n) is 9.11. The van der Waals surface area contributed by atoms with Gasteiger partial charge in [0, 0.05) is 30.8 Å². The summed E-state index contributed by atoms with van der Waals surface area (Å²) in [5.74, 6) is 4.26. The van der Waals surface area contributed by atoms with Gasteiger partial charge in [-0.3, -0.25) is 14.5 Å². The summed E-state index contributed by atoms with van der Waals surface area (Å²) in [4.78, 5) is 33.5. The second kappa shape index (κ2) is 12.7. The van der Waals surface area contributed by atoms with Gasteiger partial charge in [0.15, 0.2) is 0 Å². The average Bonchev–Trinajstić information content (AvgIpc) is 2.94. The normalized spacial score (nSPS) is 14.9. The Morgan fingerprint density at radius 1 is 1.11 bits per heavy atom. The molecule has 0 saturated carbocycles. The number of carbonyl (C=O) groups excluding carboxylic acids is 1. The molecule has 1 aliphatic rings. The number of ether oxygens (including phenoxy) is 1. The van der Waals surface area contributed by atoms with Crippen LogP contribution in [0.2, 0.25) is 0 Å². The van der Waals surface area contributed by atoms with Crippen molar-refractivity contribution in [3.63, 3.8) is 0 Å². The smallest absolute Gasteiger partial charge is 0.293 e. The summed E-state index contributed by atoms with van der Waals surface area (Å²) in [5, 5.41) is 21.9. The number of benzene rings is 2. The van der Waals surface area contributed by atoms with Gasteiger partial charge in [-0.1, -0.05) is 36.1 Å². The number of morpholine rings is 1. The highest BCUT2D eigenvalue weighted by Crippen LogP contribution is 2.25. The topological polar surface area (TPSA) is 131 Å². The molecular weight excluding hydrogens is 482 g/mol. The third kappa shape index (κ3) is 7.07. The molecule has 0 bridgehead atoms. The van der Waals surface area contributed by atoms with Gasteiger partial charge in [0.1, 0.15) is 11.7 Å². The lowest BCUT2D eigenvalue weighted by Gasteiger charge is -2.26. The van der Waals surface area contributed by atoms with Crippen molar-refractivity contribution in [1.29, 1.82) is 5.26 Å². The number of aromatic amines is 1. The van der Waals surface area contributed by atoms with E-state index in [0.717, 1.165) is 55.9 Å². The number of carbonyl (C=O) groups is 1. The van der Waals surface area contributed by atoms with Crippen LogP contribution in [0.4, 0.5) is 0 Å². The summed E-state index contributed by atoms with van der Waals surface area (Å²) >= 11 is 0. The highest BCUT2D eigenvalue weighted by atomic mass is 16.5. The standard InChI is InChI=1S/C29H29N5O4/c1-20(17-30)33-28(36)25(26-27(35)29(37)32-19-31-26)16-23-8-4-21(5-9-23)2-3-22-6-10-24(11-7-22)18-34-12-14-38-15-13-34/h4-11,19-20,25,35H,12-16,18H2,1H3,(H,33,36)(H,31,32,37). The molecule has 2 atom stereocenters. The van der Waals surface area contributed by atoms with E-state index in [1.165, 1.54) is 5.56 Å². The summed E-state index contributed by atoms with van der Waals surface area (Å²) in [6.07, 6.45) is 1.31. The minimum Gasteiger partial charge on any atom is -0.502 e. The largest absolute Gasteiger partial charge is 0.502 e. The highest BCUT2D eigenvalue weighted by molar-refractivity contribution is 5.84. The maximum Gasteiger partial charge on any atom is 0.293 e. The molecule has 1 fully saturated rings. The highest BCUT2D eigenvalue weighted by Gasteiger charge is 2.27. The Morgan fingerprint density at radius 2 is 1.71 bits per heavy atom. The van der Waals surface area contributed by atoms with E-state index in [1.807, 2.05) is 42.5 Å². The Hall–Kier alpha value is -4.44. The predicted octanol–water partition coefficient (Wildman–Crippen LogP) is 2.06. The first-order chi connectivity index (χ1) is 18.4. The maximum absolute atomic E-state index is 12.9. The first kappa shape index (κ1) is 26.6. The van der Waals surface area contributed by atoms with Gasteiger partial charge < -0.3 is 20.1 Å². The molecule has 1 aliphatic heterocycles. The van der Waals surface area contributed by atoms with Crippen molar-refractivity contribution in [3.8, 4) is 23.7 Å². The first-order valence-electron chi connectivity index (χ1n) is 12.4. The molecule has 1 amide bonds. The van der Waals surface area contributed by atoms with Crippen molar-refractivity contribution in [2.75, 3.05) is 26.3 Å². The molecule has 3 aromatic rings. The number of amides is 1. The van der Waals surface area contributed by atoms with Crippen molar-refractivity contribution in [2.45, 2.75) is 31.8 Å². The summed E-state index contributed by atoms with van der Waals surface area (Å²) in [6, 6.07) is 16.8. The minimum atomic E-state index is -0.957. The van der Waals surface area contributed by atoms with Crippen LogP contribution in [0.1, 0.15) is 40.8 Å². The fourth-order valence-electron chi connectivity index (χ4n) is 4.14. The van der Waals surface area contributed by atoms with Gasteiger partial charge in [0.05, 0.1) is 31.5 Å². The van der Waals surface area contributed by atoms with Crippen LogP contribution in [-0.2, 0) is 22.5 Å². The van der Waals surface area contributed by atoms with Crippen LogP contribution in [0.15, 0.2) is 59.7 Å². The molecule has 1 saturated heterocycles. The van der Waals surface area contributed by atoms with Crippen molar-refractivity contribution in [2.24, 2.45) is 0 Å². The molecule has 2 heterocycles. The Morgan fingerprint density at radius 3 is 2.32 bits per heavy atom. The van der Waals surface area contributed by atoms with Gasteiger partial charge in [0.25, 0.3) is 5.56 Å². The fraction of sp³-hybridized carbons (Fsp3) is 0.310. The van der Waals surface area contributed by atoms with Crippen LogP contribution < -0.4 is 10.9 Å². The number of aromatic nitrogens is 2. The lowest BCUT2D eigenvalue weighted by atomic mass is 9.93. The van der Waals surface area contributed by atoms with Crippen LogP contribution in [0.3, 0.4) is 0 Å². The van der Waals surface area contributed by atoms with E-state index in [9.17, 15) is 14.7 Å². The van der Waals surface area contributed by atoms with E-state index in [2.05, 4.69) is 44.2 Å². The zero-order chi connectivity index (χ0) is 26.9. The molecule has 1 aromatic heterocycles. The SMILES string of the molecule is CC(C#N)NC(=O)C(Cc1ccc(C#Cc2ccc(CN3CCOCC3)cc2)cc1)c1nc[nH]c(=O)c1O. The number of nitrogens with zero attached hydrogens (tertiary/aromatic N) is 3. The molecule has 9 nitrogen and oxygen atoms in total. The number of nitrogens with one attached hydrogen (secondary N) is 2. The third-order valence-electron chi connectivity index (χ3n) is 6.26. The van der Waals surface area contributed by atoms with Crippen LogP contribution in [0.5, 0.6) is 5.75 Å². The van der Waals surface area contributed by atoms with Gasteiger partial charge in [-0.25, -0.2) is 4.98 Å². The van der Waals surface area contributed by atoms with Crippen LogP contribution in [0, 0.1) is 23.2 Å². The predicted molar refractivity (Wildman–Crippen MR) is 141 cm³/mol. The Kier molecular flexibility index (Phi) is 8.89. The number of H-pyrrole nitrogens is 1. The van der Waals surface area contributed by atoms with E-state index in [0.29, 0.717) is 0 Å². The second-order valence-corrected chi connectivity index (χ2v) is 9.11. The van der Waals surface area contributed by atoms with E-state index in [4.69, 9.17) is 10.00 Å². The molecule has 9 heteroatoms. The monoisotopic (exact) mass is 511 g/mol. The van der Waals surface area contributed by atoms with Crippen molar-refractivity contribution >= 4 is 5.91 Å². The first-order valence-corrected chi connectivity index (χ1v) is 12.4. The van der Waals surface area contributed by atoms with E-state index >= 15 is 0 Å². The summed E-state index contributed by atoms with van der Waals surface area (Å²) in [6.45, 7) is 5.90. The Bertz CT molecular complexity index is 1410. The molecule has 0 spiro atoms. The molecular formula is C29H29N5O4. The molecule has 2 aromatic carbocycles. The van der Waals surface area contributed by atoms with Crippen LogP contribution in [-0.4, -0.2) is 58.2 Å². The van der Waals surface area contributed by atoms with Gasteiger partial charge in [-0.15, -0.1) is 0 Å². The van der Waals surface area contributed by atoms with Crippen molar-refractivity contribution < 1.29 is 14.6 Å². The zero-order valence-corrected chi connectivity index (χ0v) is 21.1. The third-order valence-corrected chi connectivity index (χ3v) is 6.26. The lowest BCUT2D eigenvalue weighted by Crippen LogP contribution is -2.37. The average molecular weight is 512 g/mol. The lowest BCUT2D eigenvalue weighted by molar-refractivity contribution is -0.123. The van der Waals surface area contributed by atoms with Gasteiger partial charge in [-0.05, 0) is 48.7 Å². The summed E-state index contributed by atoms with van der Waals surface area (Å²) in [7, 11) is 0. The molecule has 0 radical (unpaired) electrons. The Labute approximate surface area is 221 Å². The molecule has 3 N–H and O–H groups in total.